The van der Waals surface area contributed by atoms with Crippen LogP contribution < -0.4 is 0 Å². The highest BCUT2D eigenvalue weighted by molar-refractivity contribution is 5.90. The van der Waals surface area contributed by atoms with Gasteiger partial charge in [-0.05, 0) is 56.4 Å². The quantitative estimate of drug-likeness (QED) is 0.824. The smallest absolute Gasteiger partial charge is 0.335 e. The summed E-state index contributed by atoms with van der Waals surface area (Å²) in [5, 5.41) is 9.06. The fourth-order valence-corrected chi connectivity index (χ4v) is 2.02. The zero-order valence-electron chi connectivity index (χ0n) is 11.7. The number of aromatic carboxylic acids is 1. The summed E-state index contributed by atoms with van der Waals surface area (Å²) in [5.41, 5.74) is 4.80. The van der Waals surface area contributed by atoms with Gasteiger partial charge in [0.05, 0.1) is 5.56 Å². The third-order valence-electron chi connectivity index (χ3n) is 3.39. The predicted octanol–water partition coefficient (Wildman–Crippen LogP) is 4.60. The molecule has 0 saturated carbocycles. The first-order valence-electron chi connectivity index (χ1n) is 6.48. The van der Waals surface area contributed by atoms with Crippen molar-refractivity contribution < 1.29 is 9.90 Å². The van der Waals surface area contributed by atoms with E-state index < -0.39 is 5.97 Å². The van der Waals surface area contributed by atoms with Gasteiger partial charge < -0.3 is 5.11 Å². The second-order valence-electron chi connectivity index (χ2n) is 4.85. The summed E-state index contributed by atoms with van der Waals surface area (Å²) < 4.78 is 0. The van der Waals surface area contributed by atoms with Gasteiger partial charge in [-0.3, -0.25) is 0 Å². The van der Waals surface area contributed by atoms with Crippen molar-refractivity contribution in [2.75, 3.05) is 0 Å². The third-order valence-corrected chi connectivity index (χ3v) is 3.39. The lowest BCUT2D eigenvalue weighted by Crippen LogP contribution is -2.02. The number of benzene rings is 1. The summed E-state index contributed by atoms with van der Waals surface area (Å²) in [6.45, 7) is 8.18. The van der Waals surface area contributed by atoms with Gasteiger partial charge in [-0.1, -0.05) is 31.1 Å². The molecule has 0 saturated heterocycles. The molecule has 0 amide bonds. The predicted molar refractivity (Wildman–Crippen MR) is 76.1 cm³/mol. The first kappa shape index (κ1) is 14.5. The van der Waals surface area contributed by atoms with Crippen LogP contribution in [0.15, 0.2) is 17.7 Å². The highest BCUT2D eigenvalue weighted by Gasteiger charge is 2.10. The lowest BCUT2D eigenvalue weighted by molar-refractivity contribution is 0.0696. The molecule has 0 aliphatic carbocycles. The van der Waals surface area contributed by atoms with E-state index in [4.69, 9.17) is 5.11 Å². The van der Waals surface area contributed by atoms with Crippen molar-refractivity contribution in [3.63, 3.8) is 0 Å². The molecule has 0 unspecified atom stereocenters. The summed E-state index contributed by atoms with van der Waals surface area (Å²) in [5.74, 6) is -0.853. The molecule has 0 heterocycles. The van der Waals surface area contributed by atoms with E-state index in [1.807, 2.05) is 19.9 Å². The molecule has 0 aliphatic rings. The van der Waals surface area contributed by atoms with Crippen LogP contribution in [0, 0.1) is 13.8 Å². The maximum atomic E-state index is 11.0. The second-order valence-corrected chi connectivity index (χ2v) is 4.85. The summed E-state index contributed by atoms with van der Waals surface area (Å²) >= 11 is 0. The van der Waals surface area contributed by atoms with Crippen molar-refractivity contribution in [2.24, 2.45) is 0 Å². The van der Waals surface area contributed by atoms with Gasteiger partial charge in [-0.25, -0.2) is 4.79 Å². The van der Waals surface area contributed by atoms with Crippen molar-refractivity contribution in [1.29, 1.82) is 0 Å². The Balaban J connectivity index is 3.05. The van der Waals surface area contributed by atoms with Crippen molar-refractivity contribution in [3.8, 4) is 0 Å². The zero-order valence-corrected chi connectivity index (χ0v) is 11.7. The average molecular weight is 246 g/mol. The van der Waals surface area contributed by atoms with Gasteiger partial charge in [0.2, 0.25) is 0 Å². The highest BCUT2D eigenvalue weighted by Crippen LogP contribution is 2.21. The van der Waals surface area contributed by atoms with Crippen molar-refractivity contribution >= 4 is 12.0 Å². The lowest BCUT2D eigenvalue weighted by atomic mass is 9.96. The fraction of sp³-hybridized carbons (Fsp3) is 0.438. The maximum Gasteiger partial charge on any atom is 0.335 e. The number of allylic oxidation sites excluding steroid dienone is 1. The van der Waals surface area contributed by atoms with Gasteiger partial charge in [0.25, 0.3) is 0 Å². The van der Waals surface area contributed by atoms with E-state index in [9.17, 15) is 4.79 Å². The summed E-state index contributed by atoms with van der Waals surface area (Å²) in [6, 6.07) is 3.60. The molecule has 1 rings (SSSR count). The first-order chi connectivity index (χ1) is 8.47. The topological polar surface area (TPSA) is 37.3 Å². The normalized spacial score (nSPS) is 11.7. The van der Waals surface area contributed by atoms with Crippen LogP contribution in [0.1, 0.15) is 60.2 Å². The number of hydrogen-bond acceptors (Lipinski definition) is 1. The van der Waals surface area contributed by atoms with Gasteiger partial charge in [-0.15, -0.1) is 0 Å². The molecule has 0 radical (unpaired) electrons. The summed E-state index contributed by atoms with van der Waals surface area (Å²) in [4.78, 5) is 11.0. The SMILES string of the molecule is CCCCC(C)=Cc1ccc(C(=O)O)c(C)c1C. The van der Waals surface area contributed by atoms with Crippen LogP contribution in [0.2, 0.25) is 0 Å². The Morgan fingerprint density at radius 3 is 2.50 bits per heavy atom. The van der Waals surface area contributed by atoms with Crippen molar-refractivity contribution in [2.45, 2.75) is 47.0 Å². The minimum absolute atomic E-state index is 0.399. The van der Waals surface area contributed by atoms with Crippen LogP contribution in [0.4, 0.5) is 0 Å². The van der Waals surface area contributed by atoms with Gasteiger partial charge in [0.15, 0.2) is 0 Å². The molecule has 1 aromatic carbocycles. The van der Waals surface area contributed by atoms with Crippen LogP contribution in [0.3, 0.4) is 0 Å². The molecule has 0 fully saturated rings. The second kappa shape index (κ2) is 6.39. The minimum Gasteiger partial charge on any atom is -0.478 e. The largest absolute Gasteiger partial charge is 0.478 e. The number of carboxylic acid groups (broad SMARTS) is 1. The van der Waals surface area contributed by atoms with E-state index in [1.165, 1.54) is 18.4 Å². The van der Waals surface area contributed by atoms with Crippen LogP contribution in [0.25, 0.3) is 6.08 Å². The van der Waals surface area contributed by atoms with E-state index >= 15 is 0 Å². The molecule has 0 spiro atoms. The molecule has 0 atom stereocenters. The monoisotopic (exact) mass is 246 g/mol. The molecule has 1 N–H and O–H groups in total. The Kier molecular flexibility index (Phi) is 5.14. The van der Waals surface area contributed by atoms with Crippen LogP contribution >= 0.6 is 0 Å². The molecule has 18 heavy (non-hydrogen) atoms. The molecule has 2 heteroatoms. The van der Waals surface area contributed by atoms with Crippen molar-refractivity contribution in [3.05, 3.63) is 40.0 Å². The number of carboxylic acids is 1. The standard InChI is InChI=1S/C16H22O2/c1-5-6-7-11(2)10-14-8-9-15(16(17)18)13(4)12(14)3/h8-10H,5-7H2,1-4H3,(H,17,18). The van der Waals surface area contributed by atoms with Gasteiger partial charge >= 0.3 is 5.97 Å². The van der Waals surface area contributed by atoms with E-state index in [-0.39, 0.29) is 0 Å². The Labute approximate surface area is 109 Å². The van der Waals surface area contributed by atoms with E-state index in [2.05, 4.69) is 19.9 Å². The average Bonchev–Trinajstić information content (AvgIpc) is 2.32. The number of carbonyl (C=O) groups is 1. The Morgan fingerprint density at radius 2 is 1.94 bits per heavy atom. The van der Waals surface area contributed by atoms with Crippen molar-refractivity contribution in [1.82, 2.24) is 0 Å². The third kappa shape index (κ3) is 3.46. The molecule has 0 bridgehead atoms. The minimum atomic E-state index is -0.853. The number of hydrogen-bond donors (Lipinski definition) is 1. The summed E-state index contributed by atoms with van der Waals surface area (Å²) in [6.07, 6.45) is 5.67. The molecule has 1 aromatic rings. The maximum absolute atomic E-state index is 11.0. The molecule has 2 nitrogen and oxygen atoms in total. The van der Waals surface area contributed by atoms with E-state index in [0.717, 1.165) is 23.1 Å². The van der Waals surface area contributed by atoms with E-state index in [1.54, 1.807) is 6.07 Å². The van der Waals surface area contributed by atoms with Gasteiger partial charge in [-0.2, -0.15) is 0 Å². The first-order valence-corrected chi connectivity index (χ1v) is 6.48. The summed E-state index contributed by atoms with van der Waals surface area (Å²) in [7, 11) is 0. The Bertz CT molecular complexity index is 470. The van der Waals surface area contributed by atoms with Crippen LogP contribution in [-0.2, 0) is 0 Å². The van der Waals surface area contributed by atoms with Crippen LogP contribution in [0.5, 0.6) is 0 Å². The van der Waals surface area contributed by atoms with Gasteiger partial charge in [0, 0.05) is 0 Å². The molecular weight excluding hydrogens is 224 g/mol. The highest BCUT2D eigenvalue weighted by atomic mass is 16.4. The number of unbranched alkanes of at least 4 members (excludes halogenated alkanes) is 1. The molecule has 98 valence electrons. The number of rotatable bonds is 5. The lowest BCUT2D eigenvalue weighted by Gasteiger charge is -2.09. The van der Waals surface area contributed by atoms with E-state index in [0.29, 0.717) is 5.56 Å². The Morgan fingerprint density at radius 1 is 1.28 bits per heavy atom. The Hall–Kier alpha value is -1.57. The van der Waals surface area contributed by atoms with Gasteiger partial charge in [0.1, 0.15) is 0 Å². The molecular formula is C16H22O2. The van der Waals surface area contributed by atoms with Crippen LogP contribution in [-0.4, -0.2) is 11.1 Å². The molecule has 0 aliphatic heterocycles. The fourth-order valence-electron chi connectivity index (χ4n) is 2.02. The zero-order chi connectivity index (χ0) is 13.7. The molecule has 0 aromatic heterocycles.